The summed E-state index contributed by atoms with van der Waals surface area (Å²) in [5.41, 5.74) is 8.38. The Labute approximate surface area is 141 Å². The minimum absolute atomic E-state index is 0.0160. The number of benzene rings is 1. The third-order valence-corrected chi connectivity index (χ3v) is 4.10. The predicted molar refractivity (Wildman–Crippen MR) is 87.5 cm³/mol. The van der Waals surface area contributed by atoms with Gasteiger partial charge in [-0.3, -0.25) is 9.59 Å². The van der Waals surface area contributed by atoms with Crippen molar-refractivity contribution < 1.29 is 19.2 Å². The fourth-order valence-electron chi connectivity index (χ4n) is 2.58. The average molecular weight is 333 g/mol. The molecule has 1 aromatic carbocycles. The fourth-order valence-corrected chi connectivity index (χ4v) is 2.58. The number of nitrogens with two attached hydrogens (primary N) is 1. The molecule has 3 N–H and O–H groups in total. The average Bonchev–Trinajstić information content (AvgIpc) is 3.08. The van der Waals surface area contributed by atoms with Crippen molar-refractivity contribution in [3.63, 3.8) is 0 Å². The zero-order valence-corrected chi connectivity index (χ0v) is 13.9. The Kier molecular flexibility index (Phi) is 5.92. The maximum Gasteiger partial charge on any atom is 0.362 e. The van der Waals surface area contributed by atoms with E-state index in [1.54, 1.807) is 30.3 Å². The summed E-state index contributed by atoms with van der Waals surface area (Å²) in [6, 6.07) is 7.03. The molecule has 24 heavy (non-hydrogen) atoms. The summed E-state index contributed by atoms with van der Waals surface area (Å²) in [6.45, 7) is 4.19. The third-order valence-electron chi connectivity index (χ3n) is 4.10. The molecule has 130 valence electrons. The molecule has 1 saturated heterocycles. The molecule has 1 aromatic rings. The third kappa shape index (κ3) is 4.11. The van der Waals surface area contributed by atoms with Gasteiger partial charge < -0.3 is 15.5 Å². The van der Waals surface area contributed by atoms with E-state index in [9.17, 15) is 14.4 Å². The van der Waals surface area contributed by atoms with Crippen LogP contribution in [0.1, 0.15) is 37.0 Å². The number of hydrogen-bond acceptors (Lipinski definition) is 5. The molecule has 0 bridgehead atoms. The van der Waals surface area contributed by atoms with E-state index in [0.29, 0.717) is 24.9 Å². The minimum atomic E-state index is -0.661. The Bertz CT molecular complexity index is 603. The van der Waals surface area contributed by atoms with Crippen molar-refractivity contribution in [2.75, 3.05) is 6.54 Å². The normalized spacial score (nSPS) is 18.3. The van der Waals surface area contributed by atoms with E-state index in [1.165, 1.54) is 4.90 Å². The van der Waals surface area contributed by atoms with Crippen LogP contribution in [0.15, 0.2) is 30.3 Å². The molecule has 0 radical (unpaired) electrons. The zero-order chi connectivity index (χ0) is 17.7. The van der Waals surface area contributed by atoms with Gasteiger partial charge >= 0.3 is 5.97 Å². The Morgan fingerprint density at radius 1 is 1.25 bits per heavy atom. The summed E-state index contributed by atoms with van der Waals surface area (Å²) in [5, 5.41) is 0. The summed E-state index contributed by atoms with van der Waals surface area (Å²) in [7, 11) is 0. The van der Waals surface area contributed by atoms with Gasteiger partial charge in [-0.25, -0.2) is 4.79 Å². The lowest BCUT2D eigenvalue weighted by atomic mass is 10.0. The van der Waals surface area contributed by atoms with E-state index in [4.69, 9.17) is 10.6 Å². The fraction of sp³-hybridized carbons (Fsp3) is 0.471. The molecule has 7 heteroatoms. The van der Waals surface area contributed by atoms with Gasteiger partial charge in [0.2, 0.25) is 5.91 Å². The molecule has 0 aromatic heterocycles. The van der Waals surface area contributed by atoms with Crippen molar-refractivity contribution in [1.29, 1.82) is 0 Å². The number of carbonyl (C=O) groups excluding carboxylic acids is 3. The van der Waals surface area contributed by atoms with Gasteiger partial charge in [0.15, 0.2) is 0 Å². The van der Waals surface area contributed by atoms with Crippen LogP contribution >= 0.6 is 0 Å². The van der Waals surface area contributed by atoms with Gasteiger partial charge in [-0.05, 0) is 30.9 Å². The number of nitrogens with zero attached hydrogens (tertiary/aromatic N) is 1. The number of likely N-dealkylation sites (tertiary alicyclic amines) is 1. The van der Waals surface area contributed by atoms with E-state index in [0.717, 1.165) is 0 Å². The standard InChI is InChI=1S/C17H23N3O4/c1-11(2)14(18)16(22)20-10-6-9-13(20)15(21)19-24-17(23)12-7-4-3-5-8-12/h3-5,7-8,11,13-14H,6,9-10,18H2,1-2H3,(H,19,21)/t13-,14-/m0/s1. The lowest BCUT2D eigenvalue weighted by Crippen LogP contribution is -2.52. The van der Waals surface area contributed by atoms with E-state index >= 15 is 0 Å². The molecule has 0 spiro atoms. The first-order valence-electron chi connectivity index (χ1n) is 8.04. The van der Waals surface area contributed by atoms with Gasteiger partial charge in [0.05, 0.1) is 11.6 Å². The Morgan fingerprint density at radius 2 is 1.92 bits per heavy atom. The molecule has 0 unspecified atom stereocenters. The van der Waals surface area contributed by atoms with Crippen molar-refractivity contribution in [2.24, 2.45) is 11.7 Å². The van der Waals surface area contributed by atoms with E-state index < -0.39 is 24.0 Å². The van der Waals surface area contributed by atoms with Crippen LogP contribution in [0.2, 0.25) is 0 Å². The van der Waals surface area contributed by atoms with Gasteiger partial charge in [0, 0.05) is 6.54 Å². The first-order valence-corrected chi connectivity index (χ1v) is 8.04. The second-order valence-corrected chi connectivity index (χ2v) is 6.18. The number of carbonyl (C=O) groups is 3. The topological polar surface area (TPSA) is 102 Å². The van der Waals surface area contributed by atoms with Gasteiger partial charge in [-0.15, -0.1) is 0 Å². The van der Waals surface area contributed by atoms with E-state index in [2.05, 4.69) is 5.48 Å². The van der Waals surface area contributed by atoms with Gasteiger partial charge in [-0.2, -0.15) is 5.48 Å². The Balaban J connectivity index is 1.93. The van der Waals surface area contributed by atoms with Crippen LogP contribution in [0, 0.1) is 5.92 Å². The van der Waals surface area contributed by atoms with Crippen molar-refractivity contribution in [1.82, 2.24) is 10.4 Å². The summed E-state index contributed by atoms with van der Waals surface area (Å²) < 4.78 is 0. The molecule has 1 fully saturated rings. The molecular weight excluding hydrogens is 310 g/mol. The molecule has 1 aliphatic heterocycles. The molecule has 0 aliphatic carbocycles. The van der Waals surface area contributed by atoms with Gasteiger partial charge in [0.1, 0.15) is 6.04 Å². The van der Waals surface area contributed by atoms with Crippen molar-refractivity contribution >= 4 is 17.8 Å². The maximum atomic E-state index is 12.4. The van der Waals surface area contributed by atoms with Crippen molar-refractivity contribution in [3.05, 3.63) is 35.9 Å². The van der Waals surface area contributed by atoms with Crippen LogP contribution in [0.5, 0.6) is 0 Å². The maximum absolute atomic E-state index is 12.4. The highest BCUT2D eigenvalue weighted by Crippen LogP contribution is 2.19. The molecule has 1 aliphatic rings. The highest BCUT2D eigenvalue weighted by atomic mass is 16.7. The highest BCUT2D eigenvalue weighted by molar-refractivity contribution is 5.93. The number of hydrogen-bond donors (Lipinski definition) is 2. The molecule has 7 nitrogen and oxygen atoms in total. The van der Waals surface area contributed by atoms with E-state index in [-0.39, 0.29) is 11.8 Å². The van der Waals surface area contributed by atoms with Crippen molar-refractivity contribution in [3.8, 4) is 0 Å². The molecule has 2 rings (SSSR count). The number of amides is 2. The second kappa shape index (κ2) is 7.92. The molecule has 0 saturated carbocycles. The van der Waals surface area contributed by atoms with Crippen molar-refractivity contribution in [2.45, 2.75) is 38.8 Å². The largest absolute Gasteiger partial charge is 0.362 e. The lowest BCUT2D eigenvalue weighted by Gasteiger charge is -2.27. The molecule has 2 atom stereocenters. The van der Waals surface area contributed by atoms with Crippen LogP contribution in [-0.4, -0.2) is 41.3 Å². The summed E-state index contributed by atoms with van der Waals surface area (Å²) in [4.78, 5) is 42.8. The first-order chi connectivity index (χ1) is 11.4. The monoisotopic (exact) mass is 333 g/mol. The molecular formula is C17H23N3O4. The van der Waals surface area contributed by atoms with Crippen LogP contribution in [0.4, 0.5) is 0 Å². The summed E-state index contributed by atoms with van der Waals surface area (Å²) >= 11 is 0. The van der Waals surface area contributed by atoms with E-state index in [1.807, 2.05) is 13.8 Å². The summed E-state index contributed by atoms with van der Waals surface area (Å²) in [5.74, 6) is -1.44. The molecule has 2 amide bonds. The van der Waals surface area contributed by atoms with Crippen LogP contribution < -0.4 is 11.2 Å². The quantitative estimate of drug-likeness (QED) is 0.795. The number of hydroxylamine groups is 1. The van der Waals surface area contributed by atoms with Crippen LogP contribution in [-0.2, 0) is 14.4 Å². The molecule has 1 heterocycles. The predicted octanol–water partition coefficient (Wildman–Crippen LogP) is 0.849. The summed E-state index contributed by atoms with van der Waals surface area (Å²) in [6.07, 6.45) is 1.23. The SMILES string of the molecule is CC(C)[C@H](N)C(=O)N1CCC[C@H]1C(=O)NOC(=O)c1ccccc1. The minimum Gasteiger partial charge on any atom is -0.335 e. The van der Waals surface area contributed by atoms with Crippen LogP contribution in [0.3, 0.4) is 0 Å². The van der Waals surface area contributed by atoms with Gasteiger partial charge in [0.25, 0.3) is 5.91 Å². The Morgan fingerprint density at radius 3 is 2.54 bits per heavy atom. The number of rotatable bonds is 4. The number of nitrogens with one attached hydrogen (secondary N) is 1. The first kappa shape index (κ1) is 17.9. The van der Waals surface area contributed by atoms with Gasteiger partial charge in [-0.1, -0.05) is 32.0 Å². The second-order valence-electron chi connectivity index (χ2n) is 6.18. The smallest absolute Gasteiger partial charge is 0.335 e. The zero-order valence-electron chi connectivity index (χ0n) is 13.9. The van der Waals surface area contributed by atoms with Crippen LogP contribution in [0.25, 0.3) is 0 Å². The Hall–Kier alpha value is -2.41. The lowest BCUT2D eigenvalue weighted by molar-refractivity contribution is -0.144. The highest BCUT2D eigenvalue weighted by Gasteiger charge is 2.37.